The van der Waals surface area contributed by atoms with E-state index in [0.29, 0.717) is 22.2 Å². The highest BCUT2D eigenvalue weighted by atomic mass is 19.3. The van der Waals surface area contributed by atoms with Crippen molar-refractivity contribution in [3.63, 3.8) is 0 Å². The van der Waals surface area contributed by atoms with Gasteiger partial charge in [0.15, 0.2) is 23.2 Å². The molecule has 1 aromatic heterocycles. The van der Waals surface area contributed by atoms with E-state index in [1.807, 2.05) is 6.07 Å². The molecule has 0 atom stereocenters. The number of hydrogen-bond acceptors (Lipinski definition) is 3. The van der Waals surface area contributed by atoms with E-state index in [1.54, 1.807) is 36.7 Å². The van der Waals surface area contributed by atoms with Crippen molar-refractivity contribution in [1.29, 1.82) is 0 Å². The summed E-state index contributed by atoms with van der Waals surface area (Å²) in [7, 11) is 0. The molecule has 8 heteroatoms. The van der Waals surface area contributed by atoms with E-state index < -0.39 is 29.8 Å². The number of halogens is 5. The summed E-state index contributed by atoms with van der Waals surface area (Å²) < 4.78 is 71.4. The van der Waals surface area contributed by atoms with Gasteiger partial charge in [-0.05, 0) is 59.5 Å². The van der Waals surface area contributed by atoms with Crippen LogP contribution in [0.2, 0.25) is 0 Å². The van der Waals surface area contributed by atoms with E-state index >= 15 is 4.39 Å². The Bertz CT molecular complexity index is 1290. The lowest BCUT2D eigenvalue weighted by atomic mass is 9.98. The van der Waals surface area contributed by atoms with Crippen molar-refractivity contribution in [3.8, 4) is 17.1 Å². The van der Waals surface area contributed by atoms with Crippen molar-refractivity contribution in [2.45, 2.75) is 39.2 Å². The normalized spacial score (nSPS) is 11.4. The zero-order valence-corrected chi connectivity index (χ0v) is 18.3. The molecule has 0 amide bonds. The SMILES string of the molecule is CCCc1cnc(-c2ccc3c(F)c(CCc4cc(F)c(OC(F)F)c(F)c4)ccc3c2)nc1. The van der Waals surface area contributed by atoms with Crippen molar-refractivity contribution in [1.82, 2.24) is 9.97 Å². The van der Waals surface area contributed by atoms with Crippen LogP contribution in [0.25, 0.3) is 22.2 Å². The van der Waals surface area contributed by atoms with E-state index in [-0.39, 0.29) is 18.4 Å². The number of fused-ring (bicyclic) bond motifs is 1. The van der Waals surface area contributed by atoms with Gasteiger partial charge >= 0.3 is 6.61 Å². The topological polar surface area (TPSA) is 35.0 Å². The van der Waals surface area contributed by atoms with Gasteiger partial charge in [-0.15, -0.1) is 0 Å². The number of ether oxygens (including phenoxy) is 1. The first-order chi connectivity index (χ1) is 16.4. The molecule has 4 aromatic rings. The molecular formula is C26H21F5N2O. The molecule has 0 aliphatic heterocycles. The fourth-order valence-corrected chi connectivity index (χ4v) is 3.83. The lowest BCUT2D eigenvalue weighted by molar-refractivity contribution is -0.0546. The molecule has 0 saturated heterocycles. The van der Waals surface area contributed by atoms with E-state index in [4.69, 9.17) is 0 Å². The second-order valence-corrected chi connectivity index (χ2v) is 7.91. The smallest absolute Gasteiger partial charge is 0.387 e. The summed E-state index contributed by atoms with van der Waals surface area (Å²) >= 11 is 0. The number of aryl methyl sites for hydroxylation is 3. The van der Waals surface area contributed by atoms with Crippen LogP contribution >= 0.6 is 0 Å². The predicted octanol–water partition coefficient (Wildman–Crippen LogP) is 7.05. The molecule has 0 N–H and O–H groups in total. The first-order valence-electron chi connectivity index (χ1n) is 10.8. The zero-order valence-electron chi connectivity index (χ0n) is 18.3. The molecule has 4 rings (SSSR count). The van der Waals surface area contributed by atoms with Gasteiger partial charge in [0.1, 0.15) is 5.82 Å². The Balaban J connectivity index is 1.53. The minimum absolute atomic E-state index is 0.112. The average molecular weight is 472 g/mol. The minimum atomic E-state index is -3.34. The molecule has 0 bridgehead atoms. The lowest BCUT2D eigenvalue weighted by Crippen LogP contribution is -2.06. The summed E-state index contributed by atoms with van der Waals surface area (Å²) in [5.41, 5.74) is 2.39. The maximum Gasteiger partial charge on any atom is 0.387 e. The maximum atomic E-state index is 15.1. The third kappa shape index (κ3) is 5.16. The molecule has 0 aliphatic carbocycles. The van der Waals surface area contributed by atoms with Gasteiger partial charge in [0, 0.05) is 23.3 Å². The Labute approximate surface area is 193 Å². The minimum Gasteiger partial charge on any atom is -0.429 e. The fourth-order valence-electron chi connectivity index (χ4n) is 3.83. The highest BCUT2D eigenvalue weighted by Crippen LogP contribution is 2.28. The van der Waals surface area contributed by atoms with Crippen LogP contribution in [0.15, 0.2) is 54.9 Å². The number of hydrogen-bond donors (Lipinski definition) is 0. The van der Waals surface area contributed by atoms with Gasteiger partial charge in [-0.2, -0.15) is 8.78 Å². The van der Waals surface area contributed by atoms with Crippen LogP contribution in [0.1, 0.15) is 30.0 Å². The molecule has 3 aromatic carbocycles. The van der Waals surface area contributed by atoms with E-state index in [0.717, 1.165) is 36.1 Å². The highest BCUT2D eigenvalue weighted by Gasteiger charge is 2.17. The predicted molar refractivity (Wildman–Crippen MR) is 119 cm³/mol. The Morgan fingerprint density at radius 3 is 2.18 bits per heavy atom. The third-order valence-electron chi connectivity index (χ3n) is 5.48. The number of nitrogens with zero attached hydrogens (tertiary/aromatic N) is 2. The summed E-state index contributed by atoms with van der Waals surface area (Å²) in [6, 6.07) is 10.4. The summed E-state index contributed by atoms with van der Waals surface area (Å²) in [5, 5.41) is 1.08. The fraction of sp³-hybridized carbons (Fsp3) is 0.231. The monoisotopic (exact) mass is 472 g/mol. The molecule has 0 spiro atoms. The van der Waals surface area contributed by atoms with Gasteiger partial charge in [0.05, 0.1) is 0 Å². The van der Waals surface area contributed by atoms with Gasteiger partial charge in [0.25, 0.3) is 0 Å². The second-order valence-electron chi connectivity index (χ2n) is 7.91. The van der Waals surface area contributed by atoms with Crippen molar-refractivity contribution in [2.75, 3.05) is 0 Å². The van der Waals surface area contributed by atoms with Crippen molar-refractivity contribution < 1.29 is 26.7 Å². The van der Waals surface area contributed by atoms with Crippen LogP contribution in [0.3, 0.4) is 0 Å². The van der Waals surface area contributed by atoms with E-state index in [9.17, 15) is 17.6 Å². The average Bonchev–Trinajstić information content (AvgIpc) is 2.81. The van der Waals surface area contributed by atoms with Gasteiger partial charge in [-0.25, -0.2) is 23.1 Å². The molecule has 0 fully saturated rings. The molecule has 0 unspecified atom stereocenters. The first kappa shape index (κ1) is 23.6. The Hall–Kier alpha value is -3.55. The number of rotatable bonds is 8. The van der Waals surface area contributed by atoms with Crippen LogP contribution in [0.4, 0.5) is 22.0 Å². The quantitative estimate of drug-likeness (QED) is 0.258. The molecule has 0 saturated carbocycles. The van der Waals surface area contributed by atoms with Crippen LogP contribution < -0.4 is 4.74 Å². The standard InChI is InChI=1S/C26H21F5N2O/c1-2-3-16-13-32-25(33-14-16)19-8-9-20-18(12-19)7-6-17(23(20)29)5-4-15-10-21(27)24(22(28)11-15)34-26(30)31/h6-14,26H,2-5H2,1H3. The molecule has 0 radical (unpaired) electrons. The van der Waals surface area contributed by atoms with E-state index in [1.165, 1.54) is 0 Å². The Kier molecular flexibility index (Phi) is 7.05. The summed E-state index contributed by atoms with van der Waals surface area (Å²) in [4.78, 5) is 8.79. The van der Waals surface area contributed by atoms with E-state index in [2.05, 4.69) is 21.6 Å². The number of alkyl halides is 2. The van der Waals surface area contributed by atoms with Crippen LogP contribution in [-0.4, -0.2) is 16.6 Å². The van der Waals surface area contributed by atoms with Crippen LogP contribution in [0.5, 0.6) is 5.75 Å². The largest absolute Gasteiger partial charge is 0.429 e. The van der Waals surface area contributed by atoms with Crippen LogP contribution in [-0.2, 0) is 19.3 Å². The summed E-state index contributed by atoms with van der Waals surface area (Å²) in [5.74, 6) is -3.47. The van der Waals surface area contributed by atoms with Crippen molar-refractivity contribution in [3.05, 3.63) is 89.0 Å². The molecular weight excluding hydrogens is 451 g/mol. The van der Waals surface area contributed by atoms with Gasteiger partial charge in [0.2, 0.25) is 0 Å². The zero-order chi connectivity index (χ0) is 24.2. The molecule has 1 heterocycles. The number of aromatic nitrogens is 2. The maximum absolute atomic E-state index is 15.1. The Morgan fingerprint density at radius 1 is 0.824 bits per heavy atom. The van der Waals surface area contributed by atoms with Crippen molar-refractivity contribution in [2.24, 2.45) is 0 Å². The number of benzene rings is 3. The van der Waals surface area contributed by atoms with Gasteiger partial charge < -0.3 is 4.74 Å². The second kappa shape index (κ2) is 10.2. The summed E-state index contributed by atoms with van der Waals surface area (Å²) in [6.07, 6.45) is 5.76. The van der Waals surface area contributed by atoms with Gasteiger partial charge in [-0.3, -0.25) is 0 Å². The van der Waals surface area contributed by atoms with Gasteiger partial charge in [-0.1, -0.05) is 37.6 Å². The third-order valence-corrected chi connectivity index (χ3v) is 5.48. The molecule has 176 valence electrons. The summed E-state index contributed by atoms with van der Waals surface area (Å²) in [6.45, 7) is -1.26. The lowest BCUT2D eigenvalue weighted by Gasteiger charge is -2.11. The Morgan fingerprint density at radius 2 is 1.53 bits per heavy atom. The first-order valence-corrected chi connectivity index (χ1v) is 10.8. The highest BCUT2D eigenvalue weighted by molar-refractivity contribution is 5.87. The molecule has 0 aliphatic rings. The molecule has 3 nitrogen and oxygen atoms in total. The van der Waals surface area contributed by atoms with Crippen LogP contribution in [0, 0.1) is 17.5 Å². The van der Waals surface area contributed by atoms with Crippen molar-refractivity contribution >= 4 is 10.8 Å². The molecule has 34 heavy (non-hydrogen) atoms.